The number of non-ortho nitro benzene ring substituents is 1. The molecular formula is C18H12N6O3. The number of anilines is 1. The first kappa shape index (κ1) is 17.5. The SMILES string of the molecule is N#Cc1c(-c2ccccc2)nc(NN=Cc2ccc([N+](=O)[O-])cc2)[nH]c1=O. The van der Waals surface area contributed by atoms with E-state index >= 15 is 0 Å². The molecule has 0 aliphatic carbocycles. The minimum absolute atomic E-state index is 0.0225. The summed E-state index contributed by atoms with van der Waals surface area (Å²) >= 11 is 0. The molecule has 2 aromatic carbocycles. The second kappa shape index (κ2) is 7.71. The lowest BCUT2D eigenvalue weighted by atomic mass is 10.1. The van der Waals surface area contributed by atoms with Gasteiger partial charge >= 0.3 is 0 Å². The highest BCUT2D eigenvalue weighted by Crippen LogP contribution is 2.19. The third-order valence-corrected chi connectivity index (χ3v) is 3.57. The lowest BCUT2D eigenvalue weighted by molar-refractivity contribution is -0.384. The molecule has 0 atom stereocenters. The van der Waals surface area contributed by atoms with Gasteiger partial charge in [0.2, 0.25) is 5.95 Å². The van der Waals surface area contributed by atoms with Crippen LogP contribution in [-0.4, -0.2) is 21.1 Å². The summed E-state index contributed by atoms with van der Waals surface area (Å²) in [6.07, 6.45) is 1.42. The Kier molecular flexibility index (Phi) is 5.00. The van der Waals surface area contributed by atoms with Crippen molar-refractivity contribution < 1.29 is 4.92 Å². The molecule has 0 amide bonds. The predicted octanol–water partition coefficient (Wildman–Crippen LogP) is 2.66. The Morgan fingerprint density at radius 1 is 1.19 bits per heavy atom. The number of aromatic nitrogens is 2. The molecule has 1 aromatic heterocycles. The second-order valence-corrected chi connectivity index (χ2v) is 5.33. The van der Waals surface area contributed by atoms with Gasteiger partial charge in [0, 0.05) is 17.7 Å². The third-order valence-electron chi connectivity index (χ3n) is 3.57. The van der Waals surface area contributed by atoms with E-state index in [0.717, 1.165) is 0 Å². The lowest BCUT2D eigenvalue weighted by Gasteiger charge is -2.05. The van der Waals surface area contributed by atoms with Crippen LogP contribution in [-0.2, 0) is 0 Å². The third kappa shape index (κ3) is 4.02. The first-order chi connectivity index (χ1) is 13.1. The van der Waals surface area contributed by atoms with E-state index in [1.165, 1.54) is 30.5 Å². The monoisotopic (exact) mass is 360 g/mol. The fourth-order valence-electron chi connectivity index (χ4n) is 2.28. The number of rotatable bonds is 5. The second-order valence-electron chi connectivity index (χ2n) is 5.33. The Labute approximate surface area is 152 Å². The van der Waals surface area contributed by atoms with Crippen LogP contribution < -0.4 is 11.0 Å². The van der Waals surface area contributed by atoms with E-state index in [1.54, 1.807) is 24.3 Å². The van der Waals surface area contributed by atoms with Crippen LogP contribution in [0.5, 0.6) is 0 Å². The molecule has 3 rings (SSSR count). The summed E-state index contributed by atoms with van der Waals surface area (Å²) in [6, 6.07) is 16.5. The Morgan fingerprint density at radius 2 is 1.89 bits per heavy atom. The number of benzene rings is 2. The number of nitro groups is 1. The van der Waals surface area contributed by atoms with Crippen molar-refractivity contribution in [2.24, 2.45) is 5.10 Å². The lowest BCUT2D eigenvalue weighted by Crippen LogP contribution is -2.16. The molecule has 132 valence electrons. The Hall–Kier alpha value is -4.32. The van der Waals surface area contributed by atoms with E-state index in [1.807, 2.05) is 12.1 Å². The summed E-state index contributed by atoms with van der Waals surface area (Å²) in [7, 11) is 0. The molecule has 0 aliphatic heterocycles. The minimum atomic E-state index is -0.584. The first-order valence-corrected chi connectivity index (χ1v) is 7.72. The number of nitriles is 1. The number of H-pyrrole nitrogens is 1. The maximum absolute atomic E-state index is 12.1. The average molecular weight is 360 g/mol. The van der Waals surface area contributed by atoms with Crippen LogP contribution >= 0.6 is 0 Å². The Morgan fingerprint density at radius 3 is 2.52 bits per heavy atom. The number of hydrogen-bond acceptors (Lipinski definition) is 7. The van der Waals surface area contributed by atoms with E-state index in [0.29, 0.717) is 11.1 Å². The Balaban J connectivity index is 1.85. The molecule has 0 spiro atoms. The van der Waals surface area contributed by atoms with Gasteiger partial charge in [0.25, 0.3) is 11.2 Å². The van der Waals surface area contributed by atoms with Crippen molar-refractivity contribution in [2.45, 2.75) is 0 Å². The van der Waals surface area contributed by atoms with E-state index in [9.17, 15) is 20.2 Å². The van der Waals surface area contributed by atoms with Crippen molar-refractivity contribution in [1.82, 2.24) is 9.97 Å². The zero-order chi connectivity index (χ0) is 19.2. The van der Waals surface area contributed by atoms with Crippen molar-refractivity contribution in [3.63, 3.8) is 0 Å². The van der Waals surface area contributed by atoms with E-state index < -0.39 is 10.5 Å². The van der Waals surface area contributed by atoms with Gasteiger partial charge in [-0.1, -0.05) is 30.3 Å². The summed E-state index contributed by atoms with van der Waals surface area (Å²) in [6.45, 7) is 0. The highest BCUT2D eigenvalue weighted by Gasteiger charge is 2.12. The number of nitrogens with zero attached hydrogens (tertiary/aromatic N) is 4. The molecule has 0 saturated carbocycles. The van der Waals surface area contributed by atoms with Gasteiger partial charge in [-0.15, -0.1) is 0 Å². The summed E-state index contributed by atoms with van der Waals surface area (Å²) < 4.78 is 0. The molecule has 0 bridgehead atoms. The predicted molar refractivity (Wildman–Crippen MR) is 99.3 cm³/mol. The molecule has 0 saturated heterocycles. The van der Waals surface area contributed by atoms with Gasteiger partial charge in [-0.25, -0.2) is 10.4 Å². The highest BCUT2D eigenvalue weighted by molar-refractivity contribution is 5.80. The highest BCUT2D eigenvalue weighted by atomic mass is 16.6. The molecule has 9 heteroatoms. The molecule has 27 heavy (non-hydrogen) atoms. The normalized spacial score (nSPS) is 10.5. The van der Waals surface area contributed by atoms with Crippen molar-refractivity contribution in [2.75, 3.05) is 5.43 Å². The summed E-state index contributed by atoms with van der Waals surface area (Å²) in [5, 5.41) is 23.8. The number of nitrogens with one attached hydrogen (secondary N) is 2. The minimum Gasteiger partial charge on any atom is -0.290 e. The molecular weight excluding hydrogens is 348 g/mol. The van der Waals surface area contributed by atoms with Crippen LogP contribution in [0.2, 0.25) is 0 Å². The van der Waals surface area contributed by atoms with E-state index in [4.69, 9.17) is 0 Å². The van der Waals surface area contributed by atoms with Crippen LogP contribution in [0, 0.1) is 21.4 Å². The first-order valence-electron chi connectivity index (χ1n) is 7.72. The molecule has 0 aliphatic rings. The van der Waals surface area contributed by atoms with Gasteiger partial charge in [0.1, 0.15) is 11.6 Å². The van der Waals surface area contributed by atoms with Gasteiger partial charge in [0.15, 0.2) is 0 Å². The van der Waals surface area contributed by atoms with E-state index in [-0.39, 0.29) is 22.9 Å². The van der Waals surface area contributed by atoms with Gasteiger partial charge in [-0.05, 0) is 17.7 Å². The average Bonchev–Trinajstić information content (AvgIpc) is 2.68. The van der Waals surface area contributed by atoms with Gasteiger partial charge in [-0.2, -0.15) is 10.4 Å². The number of aromatic amines is 1. The maximum Gasteiger partial charge on any atom is 0.270 e. The summed E-state index contributed by atoms with van der Waals surface area (Å²) in [4.78, 5) is 29.0. The number of hydrazone groups is 1. The van der Waals surface area contributed by atoms with Gasteiger partial charge in [0.05, 0.1) is 16.8 Å². The zero-order valence-electron chi connectivity index (χ0n) is 13.8. The van der Waals surface area contributed by atoms with Gasteiger partial charge < -0.3 is 0 Å². The van der Waals surface area contributed by atoms with Crippen LogP contribution in [0.15, 0.2) is 64.5 Å². The molecule has 9 nitrogen and oxygen atoms in total. The molecule has 3 aromatic rings. The van der Waals surface area contributed by atoms with Crippen LogP contribution in [0.4, 0.5) is 11.6 Å². The zero-order valence-corrected chi connectivity index (χ0v) is 13.8. The van der Waals surface area contributed by atoms with Crippen LogP contribution in [0.3, 0.4) is 0 Å². The molecule has 1 heterocycles. The molecule has 2 N–H and O–H groups in total. The van der Waals surface area contributed by atoms with Crippen molar-refractivity contribution in [3.8, 4) is 17.3 Å². The number of hydrogen-bond donors (Lipinski definition) is 2. The maximum atomic E-state index is 12.1. The van der Waals surface area contributed by atoms with Gasteiger partial charge in [-0.3, -0.25) is 19.9 Å². The largest absolute Gasteiger partial charge is 0.290 e. The smallest absolute Gasteiger partial charge is 0.270 e. The standard InChI is InChI=1S/C18H12N6O3/c19-10-15-16(13-4-2-1-3-5-13)21-18(22-17(15)25)23-20-11-12-6-8-14(9-7-12)24(26)27/h1-9,11H,(H2,21,22,23,25). The Bertz CT molecular complexity index is 1100. The van der Waals surface area contributed by atoms with Crippen LogP contribution in [0.25, 0.3) is 11.3 Å². The molecule has 0 unspecified atom stereocenters. The van der Waals surface area contributed by atoms with E-state index in [2.05, 4.69) is 20.5 Å². The fraction of sp³-hybridized carbons (Fsp3) is 0. The quantitative estimate of drug-likeness (QED) is 0.408. The van der Waals surface area contributed by atoms with Crippen molar-refractivity contribution >= 4 is 17.9 Å². The van der Waals surface area contributed by atoms with Crippen molar-refractivity contribution in [1.29, 1.82) is 5.26 Å². The van der Waals surface area contributed by atoms with Crippen LogP contribution in [0.1, 0.15) is 11.1 Å². The summed E-state index contributed by atoms with van der Waals surface area (Å²) in [5.41, 5.74) is 3.38. The van der Waals surface area contributed by atoms with Crippen molar-refractivity contribution in [3.05, 3.63) is 86.2 Å². The fourth-order valence-corrected chi connectivity index (χ4v) is 2.28. The molecule has 0 fully saturated rings. The molecule has 0 radical (unpaired) electrons. The summed E-state index contributed by atoms with van der Waals surface area (Å²) in [5.74, 6) is 0.0658. The topological polar surface area (TPSA) is 137 Å². The number of nitro benzene ring substituents is 1.